The van der Waals surface area contributed by atoms with Crippen LogP contribution in [0, 0.1) is 0 Å². The molecule has 54 heavy (non-hydrogen) atoms. The molecule has 0 aliphatic heterocycles. The smallest absolute Gasteiger partial charge is 0.137 e. The van der Waals surface area contributed by atoms with E-state index >= 15 is 0 Å². The molecule has 4 nitrogen and oxygen atoms in total. The number of para-hydroxylation sites is 1. The summed E-state index contributed by atoms with van der Waals surface area (Å²) in [5, 5.41) is 5.26. The Bertz CT molecular complexity index is 3140. The Balaban J connectivity index is 1.06. The summed E-state index contributed by atoms with van der Waals surface area (Å²) in [4.78, 5) is 7.47. The largest absolute Gasteiger partial charge is 0.456 e. The van der Waals surface area contributed by atoms with Crippen molar-refractivity contribution in [2.24, 2.45) is 0 Å². The third kappa shape index (κ3) is 5.09. The standard InChI is InChI=1S/C49H30N2O2S/c1-3-10-31(11-4-1)33-18-20-35(21-19-33)49-50-41-29-40-46(30-47(41)54-49)53-44-17-9-15-42(48(40)44)51(36-24-22-34(23-25-36)32-12-5-2-6-13-32)37-26-27-39-38-14-7-8-16-43(38)52-45(39)28-37/h1-30H. The summed E-state index contributed by atoms with van der Waals surface area (Å²) in [6.07, 6.45) is 0. The molecule has 0 aliphatic carbocycles. The first-order chi connectivity index (χ1) is 26.7. The van der Waals surface area contributed by atoms with E-state index in [0.717, 1.165) is 87.3 Å². The molecule has 0 amide bonds. The maximum absolute atomic E-state index is 6.62. The van der Waals surface area contributed by atoms with Gasteiger partial charge >= 0.3 is 0 Å². The van der Waals surface area contributed by atoms with Crippen LogP contribution < -0.4 is 4.90 Å². The molecule has 11 rings (SSSR count). The predicted octanol–water partition coefficient (Wildman–Crippen LogP) is 14.6. The first-order valence-corrected chi connectivity index (χ1v) is 18.8. The number of fused-ring (bicyclic) bond motifs is 7. The molecule has 8 aromatic carbocycles. The molecular weight excluding hydrogens is 681 g/mol. The number of anilines is 3. The third-order valence-corrected chi connectivity index (χ3v) is 11.4. The normalized spacial score (nSPS) is 11.7. The monoisotopic (exact) mass is 710 g/mol. The zero-order chi connectivity index (χ0) is 35.6. The van der Waals surface area contributed by atoms with Gasteiger partial charge in [0.1, 0.15) is 27.3 Å². The van der Waals surface area contributed by atoms with E-state index in [9.17, 15) is 0 Å². The minimum atomic E-state index is 0.826. The second kappa shape index (κ2) is 12.3. The van der Waals surface area contributed by atoms with Gasteiger partial charge in [0.25, 0.3) is 0 Å². The molecule has 0 aliphatic rings. The highest BCUT2D eigenvalue weighted by molar-refractivity contribution is 7.21. The quantitative estimate of drug-likeness (QED) is 0.172. The van der Waals surface area contributed by atoms with Crippen molar-refractivity contribution in [3.05, 3.63) is 182 Å². The average Bonchev–Trinajstić information content (AvgIpc) is 3.94. The number of nitrogens with zero attached hydrogens (tertiary/aromatic N) is 2. The molecule has 0 bridgehead atoms. The Morgan fingerprint density at radius 3 is 1.74 bits per heavy atom. The molecule has 0 saturated carbocycles. The van der Waals surface area contributed by atoms with Crippen LogP contribution in [0.3, 0.4) is 0 Å². The number of hydrogen-bond acceptors (Lipinski definition) is 5. The summed E-state index contributed by atoms with van der Waals surface area (Å²) in [7, 11) is 0. The lowest BCUT2D eigenvalue weighted by Crippen LogP contribution is -2.10. The van der Waals surface area contributed by atoms with Gasteiger partial charge in [0.2, 0.25) is 0 Å². The van der Waals surface area contributed by atoms with Gasteiger partial charge in [0.05, 0.1) is 21.3 Å². The van der Waals surface area contributed by atoms with Gasteiger partial charge in [-0.1, -0.05) is 121 Å². The average molecular weight is 711 g/mol. The van der Waals surface area contributed by atoms with Crippen molar-refractivity contribution in [3.8, 4) is 32.8 Å². The molecule has 11 aromatic rings. The molecule has 0 atom stereocenters. The lowest BCUT2D eigenvalue weighted by atomic mass is 10.0. The molecule has 3 aromatic heterocycles. The summed E-state index contributed by atoms with van der Waals surface area (Å²) in [5.41, 5.74) is 13.2. The van der Waals surface area contributed by atoms with Gasteiger partial charge in [-0.15, -0.1) is 11.3 Å². The van der Waals surface area contributed by atoms with E-state index in [2.05, 4.69) is 163 Å². The fourth-order valence-corrected chi connectivity index (χ4v) is 8.67. The molecule has 0 saturated heterocycles. The zero-order valence-corrected chi connectivity index (χ0v) is 29.8. The van der Waals surface area contributed by atoms with Crippen LogP contribution in [0.4, 0.5) is 17.1 Å². The van der Waals surface area contributed by atoms with Gasteiger partial charge in [-0.05, 0) is 70.8 Å². The first-order valence-electron chi connectivity index (χ1n) is 18.0. The van der Waals surface area contributed by atoms with E-state index in [4.69, 9.17) is 13.8 Å². The van der Waals surface area contributed by atoms with Gasteiger partial charge < -0.3 is 13.7 Å². The topological polar surface area (TPSA) is 42.4 Å². The SMILES string of the molecule is c1ccc(-c2ccc(-c3nc4cc5c(cc4s3)oc3cccc(N(c4ccc(-c6ccccc6)cc4)c4ccc6c(c4)oc4ccccc46)c35)cc2)cc1. The van der Waals surface area contributed by atoms with Crippen LogP contribution in [0.15, 0.2) is 191 Å². The summed E-state index contributed by atoms with van der Waals surface area (Å²) in [6, 6.07) is 63.8. The first kappa shape index (κ1) is 30.7. The Hall–Kier alpha value is -6.95. The van der Waals surface area contributed by atoms with Crippen molar-refractivity contribution in [1.82, 2.24) is 4.98 Å². The minimum absolute atomic E-state index is 0.826. The molecule has 0 radical (unpaired) electrons. The number of hydrogen-bond donors (Lipinski definition) is 0. The second-order valence-electron chi connectivity index (χ2n) is 13.6. The number of thiazole rings is 1. The maximum atomic E-state index is 6.62. The molecule has 0 spiro atoms. The fourth-order valence-electron chi connectivity index (χ4n) is 7.69. The molecule has 0 unspecified atom stereocenters. The van der Waals surface area contributed by atoms with Gasteiger partial charge in [-0.3, -0.25) is 0 Å². The molecular formula is C49H30N2O2S. The lowest BCUT2D eigenvalue weighted by Gasteiger charge is -2.26. The van der Waals surface area contributed by atoms with E-state index in [-0.39, 0.29) is 0 Å². The van der Waals surface area contributed by atoms with E-state index in [1.54, 1.807) is 11.3 Å². The van der Waals surface area contributed by atoms with Gasteiger partial charge in [0.15, 0.2) is 0 Å². The van der Waals surface area contributed by atoms with Crippen LogP contribution in [0.1, 0.15) is 0 Å². The Kier molecular flexibility index (Phi) is 7.00. The Morgan fingerprint density at radius 2 is 0.981 bits per heavy atom. The highest BCUT2D eigenvalue weighted by atomic mass is 32.1. The van der Waals surface area contributed by atoms with Crippen molar-refractivity contribution in [2.45, 2.75) is 0 Å². The predicted molar refractivity (Wildman–Crippen MR) is 225 cm³/mol. The van der Waals surface area contributed by atoms with Crippen LogP contribution in [-0.2, 0) is 0 Å². The van der Waals surface area contributed by atoms with Gasteiger partial charge in [-0.2, -0.15) is 0 Å². The van der Waals surface area contributed by atoms with Crippen molar-refractivity contribution < 1.29 is 8.83 Å². The molecule has 5 heteroatoms. The lowest BCUT2D eigenvalue weighted by molar-refractivity contribution is 0.669. The molecule has 254 valence electrons. The summed E-state index contributed by atoms with van der Waals surface area (Å²) >= 11 is 1.69. The highest BCUT2D eigenvalue weighted by Gasteiger charge is 2.22. The van der Waals surface area contributed by atoms with E-state index in [1.165, 1.54) is 16.7 Å². The highest BCUT2D eigenvalue weighted by Crippen LogP contribution is 2.46. The van der Waals surface area contributed by atoms with Crippen molar-refractivity contribution in [1.29, 1.82) is 0 Å². The van der Waals surface area contributed by atoms with Crippen LogP contribution in [-0.4, -0.2) is 4.98 Å². The van der Waals surface area contributed by atoms with Crippen LogP contribution in [0.25, 0.3) is 86.9 Å². The van der Waals surface area contributed by atoms with E-state index < -0.39 is 0 Å². The summed E-state index contributed by atoms with van der Waals surface area (Å²) < 4.78 is 14.1. The number of rotatable bonds is 6. The zero-order valence-electron chi connectivity index (χ0n) is 28.9. The number of benzene rings is 8. The van der Waals surface area contributed by atoms with Gasteiger partial charge in [0, 0.05) is 45.2 Å². The molecule has 3 heterocycles. The van der Waals surface area contributed by atoms with Crippen molar-refractivity contribution in [3.63, 3.8) is 0 Å². The van der Waals surface area contributed by atoms with Gasteiger partial charge in [-0.25, -0.2) is 4.98 Å². The van der Waals surface area contributed by atoms with E-state index in [0.29, 0.717) is 0 Å². The summed E-state index contributed by atoms with van der Waals surface area (Å²) in [6.45, 7) is 0. The molecule has 0 fully saturated rings. The maximum Gasteiger partial charge on any atom is 0.137 e. The fraction of sp³-hybridized carbons (Fsp3) is 0. The van der Waals surface area contributed by atoms with Crippen molar-refractivity contribution in [2.75, 3.05) is 4.90 Å². The summed E-state index contributed by atoms with van der Waals surface area (Å²) in [5.74, 6) is 0. The number of aromatic nitrogens is 1. The second-order valence-corrected chi connectivity index (χ2v) is 14.6. The Morgan fingerprint density at radius 1 is 0.407 bits per heavy atom. The van der Waals surface area contributed by atoms with E-state index in [1.807, 2.05) is 24.3 Å². The Labute approximate surface area is 314 Å². The molecule has 0 N–H and O–H groups in total. The van der Waals surface area contributed by atoms with Crippen LogP contribution in [0.5, 0.6) is 0 Å². The minimum Gasteiger partial charge on any atom is -0.456 e. The number of furan rings is 2. The van der Waals surface area contributed by atoms with Crippen molar-refractivity contribution >= 4 is 82.5 Å². The van der Waals surface area contributed by atoms with Crippen LogP contribution in [0.2, 0.25) is 0 Å². The third-order valence-electron chi connectivity index (χ3n) is 10.3. The van der Waals surface area contributed by atoms with Crippen LogP contribution >= 0.6 is 11.3 Å².